The molecule has 2 heterocycles. The Kier molecular flexibility index (Phi) is 4.50. The van der Waals surface area contributed by atoms with Crippen LogP contribution in [0.3, 0.4) is 0 Å². The maximum absolute atomic E-state index is 6.30. The van der Waals surface area contributed by atoms with Crippen LogP contribution >= 0.6 is 11.6 Å². The highest BCUT2D eigenvalue weighted by atomic mass is 35.5. The number of nitrogens with zero attached hydrogens (tertiary/aromatic N) is 4. The second kappa shape index (κ2) is 6.12. The molecule has 5 nitrogen and oxygen atoms in total. The van der Waals surface area contributed by atoms with E-state index < -0.39 is 0 Å². The molecule has 6 heteroatoms. The van der Waals surface area contributed by atoms with Crippen LogP contribution in [-0.2, 0) is 13.5 Å². The summed E-state index contributed by atoms with van der Waals surface area (Å²) in [5, 5.41) is 8.50. The molecule has 0 spiro atoms. The lowest BCUT2D eigenvalue weighted by Gasteiger charge is -2.17. The van der Waals surface area contributed by atoms with Gasteiger partial charge >= 0.3 is 0 Å². The van der Waals surface area contributed by atoms with Gasteiger partial charge in [0.05, 0.1) is 28.1 Å². The third-order valence-electron chi connectivity index (χ3n) is 3.07. The summed E-state index contributed by atoms with van der Waals surface area (Å²) in [5.41, 5.74) is 2.84. The van der Waals surface area contributed by atoms with Gasteiger partial charge in [0, 0.05) is 19.7 Å². The number of likely N-dealkylation sites (N-methyl/N-ethyl adjacent to an activating group) is 1. The van der Waals surface area contributed by atoms with Gasteiger partial charge in [0.15, 0.2) is 0 Å². The van der Waals surface area contributed by atoms with E-state index >= 15 is 0 Å². The van der Waals surface area contributed by atoms with Crippen LogP contribution in [0.15, 0.2) is 18.6 Å². The van der Waals surface area contributed by atoms with Gasteiger partial charge in [-0.1, -0.05) is 18.5 Å². The molecular weight excluding hydrogens is 262 g/mol. The van der Waals surface area contributed by atoms with Gasteiger partial charge in [-0.2, -0.15) is 5.10 Å². The van der Waals surface area contributed by atoms with Crippen molar-refractivity contribution in [3.63, 3.8) is 0 Å². The average molecular weight is 280 g/mol. The normalized spacial score (nSPS) is 12.6. The Bertz CT molecular complexity index is 537. The number of nitrogens with one attached hydrogen (secondary N) is 1. The quantitative estimate of drug-likeness (QED) is 0.910. The Morgan fingerprint density at radius 1 is 1.47 bits per heavy atom. The summed E-state index contributed by atoms with van der Waals surface area (Å²) in [5.74, 6) is 0. The minimum atomic E-state index is 0.111. The number of hydrogen-bond acceptors (Lipinski definition) is 4. The van der Waals surface area contributed by atoms with Crippen molar-refractivity contribution in [3.05, 3.63) is 40.7 Å². The van der Waals surface area contributed by atoms with Crippen molar-refractivity contribution in [2.45, 2.75) is 26.3 Å². The number of aromatic nitrogens is 4. The van der Waals surface area contributed by atoms with Gasteiger partial charge in [0.1, 0.15) is 6.33 Å². The van der Waals surface area contributed by atoms with Gasteiger partial charge in [0.25, 0.3) is 0 Å². The summed E-state index contributed by atoms with van der Waals surface area (Å²) in [4.78, 5) is 8.27. The molecule has 0 saturated carbocycles. The van der Waals surface area contributed by atoms with Gasteiger partial charge in [-0.25, -0.2) is 9.97 Å². The minimum Gasteiger partial charge on any atom is -0.309 e. The molecule has 0 fully saturated rings. The Morgan fingerprint density at radius 2 is 2.26 bits per heavy atom. The Balaban J connectivity index is 2.26. The average Bonchev–Trinajstić information content (AvgIpc) is 2.65. The van der Waals surface area contributed by atoms with Gasteiger partial charge in [-0.15, -0.1) is 0 Å². The first-order valence-electron chi connectivity index (χ1n) is 6.30. The molecular formula is C13H18ClN5. The SMILES string of the molecule is CCNC(Cc1c(Cl)c(C)nn1C)c1ccncn1. The van der Waals surface area contributed by atoms with E-state index in [0.717, 1.165) is 35.1 Å². The molecule has 1 atom stereocenters. The highest BCUT2D eigenvalue weighted by Gasteiger charge is 2.18. The van der Waals surface area contributed by atoms with Crippen LogP contribution in [0.25, 0.3) is 0 Å². The fraction of sp³-hybridized carbons (Fsp3) is 0.462. The van der Waals surface area contributed by atoms with Gasteiger partial charge in [-0.3, -0.25) is 4.68 Å². The Labute approximate surface area is 118 Å². The van der Waals surface area contributed by atoms with Gasteiger partial charge < -0.3 is 5.32 Å². The zero-order valence-electron chi connectivity index (χ0n) is 11.4. The van der Waals surface area contributed by atoms with Crippen LogP contribution in [-0.4, -0.2) is 26.3 Å². The molecule has 0 aliphatic rings. The Morgan fingerprint density at radius 3 is 2.79 bits per heavy atom. The number of hydrogen-bond donors (Lipinski definition) is 1. The monoisotopic (exact) mass is 279 g/mol. The third-order valence-corrected chi connectivity index (χ3v) is 3.56. The largest absolute Gasteiger partial charge is 0.309 e. The lowest BCUT2D eigenvalue weighted by Crippen LogP contribution is -2.25. The van der Waals surface area contributed by atoms with Crippen LogP contribution in [0, 0.1) is 6.92 Å². The number of halogens is 1. The summed E-state index contributed by atoms with van der Waals surface area (Å²) in [6.07, 6.45) is 4.07. The fourth-order valence-corrected chi connectivity index (χ4v) is 2.37. The summed E-state index contributed by atoms with van der Waals surface area (Å²) >= 11 is 6.30. The molecule has 1 unspecified atom stereocenters. The van der Waals surface area contributed by atoms with Crippen molar-refractivity contribution in [2.24, 2.45) is 7.05 Å². The van der Waals surface area contributed by atoms with Gasteiger partial charge in [-0.05, 0) is 19.5 Å². The zero-order valence-corrected chi connectivity index (χ0v) is 12.1. The van der Waals surface area contributed by atoms with Crippen LogP contribution < -0.4 is 5.32 Å². The topological polar surface area (TPSA) is 55.6 Å². The molecule has 0 amide bonds. The molecule has 1 N–H and O–H groups in total. The highest BCUT2D eigenvalue weighted by Crippen LogP contribution is 2.24. The fourth-order valence-electron chi connectivity index (χ4n) is 2.13. The summed E-state index contributed by atoms with van der Waals surface area (Å²) < 4.78 is 1.84. The molecule has 0 bridgehead atoms. The van der Waals surface area contributed by atoms with E-state index in [1.54, 1.807) is 12.5 Å². The van der Waals surface area contributed by atoms with Crippen LogP contribution in [0.5, 0.6) is 0 Å². The summed E-state index contributed by atoms with van der Waals surface area (Å²) in [6.45, 7) is 4.85. The van der Waals surface area contributed by atoms with Crippen LogP contribution in [0.2, 0.25) is 5.02 Å². The van der Waals surface area contributed by atoms with Crippen molar-refractivity contribution in [2.75, 3.05) is 6.54 Å². The smallest absolute Gasteiger partial charge is 0.115 e. The zero-order chi connectivity index (χ0) is 13.8. The molecule has 19 heavy (non-hydrogen) atoms. The summed E-state index contributed by atoms with van der Waals surface area (Å²) in [6, 6.07) is 2.03. The van der Waals surface area contributed by atoms with Gasteiger partial charge in [0.2, 0.25) is 0 Å². The second-order valence-corrected chi connectivity index (χ2v) is 4.80. The molecule has 0 aromatic carbocycles. The number of rotatable bonds is 5. The molecule has 0 aliphatic heterocycles. The van der Waals surface area contributed by atoms with E-state index in [9.17, 15) is 0 Å². The second-order valence-electron chi connectivity index (χ2n) is 4.42. The lowest BCUT2D eigenvalue weighted by molar-refractivity contribution is 0.516. The lowest BCUT2D eigenvalue weighted by atomic mass is 10.1. The third kappa shape index (κ3) is 3.11. The Hall–Kier alpha value is -1.46. The molecule has 2 aromatic rings. The van der Waals surface area contributed by atoms with Crippen molar-refractivity contribution in [3.8, 4) is 0 Å². The van der Waals surface area contributed by atoms with Crippen molar-refractivity contribution >= 4 is 11.6 Å². The van der Waals surface area contributed by atoms with E-state index in [1.807, 2.05) is 24.7 Å². The van der Waals surface area contributed by atoms with E-state index in [1.165, 1.54) is 0 Å². The highest BCUT2D eigenvalue weighted by molar-refractivity contribution is 6.31. The van der Waals surface area contributed by atoms with Crippen molar-refractivity contribution in [1.29, 1.82) is 0 Å². The first kappa shape index (κ1) is 14.0. The molecule has 2 rings (SSSR count). The molecule has 102 valence electrons. The minimum absolute atomic E-state index is 0.111. The molecule has 0 radical (unpaired) electrons. The molecule has 2 aromatic heterocycles. The maximum atomic E-state index is 6.30. The van der Waals surface area contributed by atoms with E-state index in [2.05, 4.69) is 27.3 Å². The first-order valence-corrected chi connectivity index (χ1v) is 6.68. The standard InChI is InChI=1S/C13H18ClN5/c1-4-16-11(10-5-6-15-8-17-10)7-12-13(14)9(2)18-19(12)3/h5-6,8,11,16H,4,7H2,1-3H3. The number of aryl methyl sites for hydroxylation is 2. The van der Waals surface area contributed by atoms with E-state index in [0.29, 0.717) is 0 Å². The molecule has 0 saturated heterocycles. The summed E-state index contributed by atoms with van der Waals surface area (Å²) in [7, 11) is 1.91. The van der Waals surface area contributed by atoms with E-state index in [4.69, 9.17) is 11.6 Å². The first-order chi connectivity index (χ1) is 9.13. The van der Waals surface area contributed by atoms with E-state index in [-0.39, 0.29) is 6.04 Å². The maximum Gasteiger partial charge on any atom is 0.115 e. The molecule has 0 aliphatic carbocycles. The van der Waals surface area contributed by atoms with Crippen molar-refractivity contribution < 1.29 is 0 Å². The van der Waals surface area contributed by atoms with Crippen LogP contribution in [0.4, 0.5) is 0 Å². The predicted octanol–water partition coefficient (Wildman–Crippen LogP) is 2.07. The predicted molar refractivity (Wildman–Crippen MR) is 75.1 cm³/mol. The van der Waals surface area contributed by atoms with Crippen LogP contribution in [0.1, 0.15) is 30.0 Å². The van der Waals surface area contributed by atoms with Crippen molar-refractivity contribution in [1.82, 2.24) is 25.1 Å².